The molecular formula is C7H4F3NS2. The first kappa shape index (κ1) is 10.4. The van der Waals surface area contributed by atoms with E-state index >= 15 is 0 Å². The summed E-state index contributed by atoms with van der Waals surface area (Å²) in [6.45, 7) is 1.37. The number of aliphatic imine (C=N–C) groups is 1. The number of rotatable bonds is 1. The Kier molecular flexibility index (Phi) is 2.85. The zero-order valence-electron chi connectivity index (χ0n) is 6.47. The van der Waals surface area contributed by atoms with Crippen molar-refractivity contribution in [3.8, 4) is 0 Å². The topological polar surface area (TPSA) is 12.4 Å². The number of halogens is 3. The Morgan fingerprint density at radius 3 is 2.54 bits per heavy atom. The molecule has 1 aromatic heterocycles. The fourth-order valence-corrected chi connectivity index (χ4v) is 1.91. The van der Waals surface area contributed by atoms with Gasteiger partial charge in [0.2, 0.25) is 0 Å². The third-order valence-corrected chi connectivity index (χ3v) is 2.53. The number of alkyl halides is 3. The Bertz CT molecular complexity index is 360. The molecule has 0 saturated heterocycles. The summed E-state index contributed by atoms with van der Waals surface area (Å²) in [6.07, 6.45) is -4.31. The highest BCUT2D eigenvalue weighted by molar-refractivity contribution is 7.78. The normalized spacial score (nSPS) is 11.1. The van der Waals surface area contributed by atoms with Gasteiger partial charge in [-0.3, -0.25) is 0 Å². The molecule has 0 amide bonds. The minimum absolute atomic E-state index is 0.106. The standard InChI is InChI=1S/C7H4F3NS2/c1-4-5(7(8,9)10)2-13-6(4)11-3-12/h2H,1H3. The molecule has 0 spiro atoms. The van der Waals surface area contributed by atoms with Gasteiger partial charge in [-0.05, 0) is 24.7 Å². The van der Waals surface area contributed by atoms with Crippen LogP contribution in [0.2, 0.25) is 0 Å². The van der Waals surface area contributed by atoms with Gasteiger partial charge < -0.3 is 0 Å². The summed E-state index contributed by atoms with van der Waals surface area (Å²) in [5, 5.41) is 3.34. The molecule has 0 fully saturated rings. The van der Waals surface area contributed by atoms with E-state index in [1.165, 1.54) is 6.92 Å². The van der Waals surface area contributed by atoms with E-state index in [1.54, 1.807) is 0 Å². The minimum Gasteiger partial charge on any atom is -0.183 e. The van der Waals surface area contributed by atoms with Gasteiger partial charge in [0.1, 0.15) is 5.00 Å². The highest BCUT2D eigenvalue weighted by atomic mass is 32.1. The number of thiocarbonyl (C=S) groups is 1. The van der Waals surface area contributed by atoms with Crippen molar-refractivity contribution in [1.29, 1.82) is 0 Å². The molecule has 13 heavy (non-hydrogen) atoms. The lowest BCUT2D eigenvalue weighted by Gasteiger charge is -2.04. The lowest BCUT2D eigenvalue weighted by Crippen LogP contribution is -2.04. The second-order valence-electron chi connectivity index (χ2n) is 2.28. The summed E-state index contributed by atoms with van der Waals surface area (Å²) in [4.78, 5) is 3.52. The number of isothiocyanates is 1. The van der Waals surface area contributed by atoms with Gasteiger partial charge in [-0.15, -0.1) is 11.3 Å². The predicted octanol–water partition coefficient (Wildman–Crippen LogP) is 3.81. The van der Waals surface area contributed by atoms with Crippen LogP contribution in [0, 0.1) is 6.92 Å². The molecule has 0 bridgehead atoms. The smallest absolute Gasteiger partial charge is 0.183 e. The maximum Gasteiger partial charge on any atom is 0.417 e. The maximum atomic E-state index is 12.2. The molecule has 0 unspecified atom stereocenters. The highest BCUT2D eigenvalue weighted by Crippen LogP contribution is 2.39. The monoisotopic (exact) mass is 223 g/mol. The van der Waals surface area contributed by atoms with Gasteiger partial charge in [0, 0.05) is 5.38 Å². The second-order valence-corrected chi connectivity index (χ2v) is 3.32. The molecule has 0 aliphatic carbocycles. The molecule has 1 rings (SSSR count). The van der Waals surface area contributed by atoms with Crippen molar-refractivity contribution in [1.82, 2.24) is 0 Å². The number of hydrogen-bond acceptors (Lipinski definition) is 3. The van der Waals surface area contributed by atoms with Gasteiger partial charge in [-0.1, -0.05) is 0 Å². The highest BCUT2D eigenvalue weighted by Gasteiger charge is 2.34. The summed E-state index contributed by atoms with van der Waals surface area (Å²) in [5.74, 6) is 0. The molecule has 0 aliphatic heterocycles. The summed E-state index contributed by atoms with van der Waals surface area (Å²) < 4.78 is 36.7. The fourth-order valence-electron chi connectivity index (χ4n) is 0.838. The zero-order chi connectivity index (χ0) is 10.1. The summed E-state index contributed by atoms with van der Waals surface area (Å²) in [7, 11) is 0. The number of hydrogen-bond donors (Lipinski definition) is 0. The van der Waals surface area contributed by atoms with Crippen LogP contribution in [0.1, 0.15) is 11.1 Å². The van der Waals surface area contributed by atoms with Crippen molar-refractivity contribution in [3.63, 3.8) is 0 Å². The van der Waals surface area contributed by atoms with Crippen molar-refractivity contribution in [2.75, 3.05) is 0 Å². The van der Waals surface area contributed by atoms with E-state index in [0.29, 0.717) is 0 Å². The van der Waals surface area contributed by atoms with Crippen LogP contribution in [0.5, 0.6) is 0 Å². The molecule has 1 aromatic rings. The van der Waals surface area contributed by atoms with Gasteiger partial charge in [-0.2, -0.15) is 18.2 Å². The van der Waals surface area contributed by atoms with Crippen molar-refractivity contribution in [2.45, 2.75) is 13.1 Å². The zero-order valence-corrected chi connectivity index (χ0v) is 8.11. The lowest BCUT2D eigenvalue weighted by molar-refractivity contribution is -0.137. The van der Waals surface area contributed by atoms with E-state index in [1.807, 2.05) is 5.16 Å². The first-order chi connectivity index (χ1) is 5.96. The second kappa shape index (κ2) is 3.57. The SMILES string of the molecule is Cc1c(C(F)(F)F)csc1N=C=S. The molecule has 0 saturated carbocycles. The van der Waals surface area contributed by atoms with E-state index in [4.69, 9.17) is 0 Å². The Hall–Kier alpha value is -0.710. The van der Waals surface area contributed by atoms with Gasteiger partial charge in [0.25, 0.3) is 0 Å². The Balaban J connectivity index is 3.21. The van der Waals surface area contributed by atoms with Crippen molar-refractivity contribution in [3.05, 3.63) is 16.5 Å². The van der Waals surface area contributed by atoms with Gasteiger partial charge in [-0.25, -0.2) is 0 Å². The van der Waals surface area contributed by atoms with E-state index in [0.717, 1.165) is 16.7 Å². The average Bonchev–Trinajstić information content (AvgIpc) is 2.32. The van der Waals surface area contributed by atoms with Crippen molar-refractivity contribution < 1.29 is 13.2 Å². The summed E-state index contributed by atoms with van der Waals surface area (Å²) >= 11 is 5.22. The molecular weight excluding hydrogens is 219 g/mol. The molecule has 0 aromatic carbocycles. The quantitative estimate of drug-likeness (QED) is 0.521. The first-order valence-electron chi connectivity index (χ1n) is 3.20. The molecule has 0 N–H and O–H groups in total. The number of nitrogens with zero attached hydrogens (tertiary/aromatic N) is 1. The third-order valence-electron chi connectivity index (χ3n) is 1.47. The fraction of sp³-hybridized carbons (Fsp3) is 0.286. The maximum absolute atomic E-state index is 12.2. The molecule has 70 valence electrons. The molecule has 6 heteroatoms. The molecule has 1 nitrogen and oxygen atoms in total. The van der Waals surface area contributed by atoms with Crippen LogP contribution in [0.4, 0.5) is 18.2 Å². The van der Waals surface area contributed by atoms with Crippen molar-refractivity contribution >= 4 is 33.7 Å². The van der Waals surface area contributed by atoms with Crippen LogP contribution >= 0.6 is 23.6 Å². The lowest BCUT2D eigenvalue weighted by atomic mass is 10.2. The Morgan fingerprint density at radius 2 is 2.15 bits per heavy atom. The predicted molar refractivity (Wildman–Crippen MR) is 48.7 cm³/mol. The Labute approximate surface area is 81.9 Å². The molecule has 0 radical (unpaired) electrons. The largest absolute Gasteiger partial charge is 0.417 e. The average molecular weight is 223 g/mol. The molecule has 0 atom stereocenters. The summed E-state index contributed by atoms with van der Waals surface area (Å²) in [6, 6.07) is 0. The van der Waals surface area contributed by atoms with Crippen LogP contribution in [0.3, 0.4) is 0 Å². The van der Waals surface area contributed by atoms with Crippen LogP contribution in [0.25, 0.3) is 0 Å². The van der Waals surface area contributed by atoms with Crippen molar-refractivity contribution in [2.24, 2.45) is 4.99 Å². The van der Waals surface area contributed by atoms with Gasteiger partial charge >= 0.3 is 6.18 Å². The summed E-state index contributed by atoms with van der Waals surface area (Å²) in [5.41, 5.74) is -0.545. The van der Waals surface area contributed by atoms with Crippen LogP contribution in [-0.4, -0.2) is 5.16 Å². The van der Waals surface area contributed by atoms with E-state index < -0.39 is 11.7 Å². The van der Waals surface area contributed by atoms with Crippen LogP contribution < -0.4 is 0 Å². The van der Waals surface area contributed by atoms with E-state index in [9.17, 15) is 13.2 Å². The Morgan fingerprint density at radius 1 is 1.54 bits per heavy atom. The minimum atomic E-state index is -4.31. The molecule has 1 heterocycles. The van der Waals surface area contributed by atoms with Crippen LogP contribution in [0.15, 0.2) is 10.4 Å². The van der Waals surface area contributed by atoms with Gasteiger partial charge in [0.05, 0.1) is 10.7 Å². The third kappa shape index (κ3) is 2.15. The first-order valence-corrected chi connectivity index (χ1v) is 4.48. The van der Waals surface area contributed by atoms with Crippen LogP contribution in [-0.2, 0) is 6.18 Å². The van der Waals surface area contributed by atoms with E-state index in [-0.39, 0.29) is 10.6 Å². The molecule has 0 aliphatic rings. The van der Waals surface area contributed by atoms with Gasteiger partial charge in [0.15, 0.2) is 0 Å². The van der Waals surface area contributed by atoms with E-state index in [2.05, 4.69) is 17.2 Å². The number of thiophene rings is 1.